The Kier molecular flexibility index (Phi) is 6.79. The van der Waals surface area contributed by atoms with Gasteiger partial charge in [-0.25, -0.2) is 13.2 Å². The molecule has 0 spiro atoms. The van der Waals surface area contributed by atoms with Crippen molar-refractivity contribution in [3.63, 3.8) is 0 Å². The van der Waals surface area contributed by atoms with Crippen LogP contribution in [0, 0.1) is 11.3 Å². The number of hydrogen-bond acceptors (Lipinski definition) is 7. The number of benzene rings is 2. The molecule has 0 fully saturated rings. The maximum Gasteiger partial charge on any atom is 0.338 e. The molecular weight excluding hydrogens is 370 g/mol. The Morgan fingerprint density at radius 1 is 1.07 bits per heavy atom. The largest absolute Gasteiger partial charge is 0.497 e. The molecule has 0 N–H and O–H groups in total. The van der Waals surface area contributed by atoms with Crippen LogP contribution in [0.1, 0.15) is 21.5 Å². The van der Waals surface area contributed by atoms with E-state index in [9.17, 15) is 13.2 Å². The minimum Gasteiger partial charge on any atom is -0.497 e. The number of ether oxygens (including phenoxy) is 3. The SMILES string of the molecule is COc1ccc(OC)c(COC(=O)c2ccc(CS(=O)(=O)CC#N)cc2)c1. The summed E-state index contributed by atoms with van der Waals surface area (Å²) in [4.78, 5) is 12.2. The molecule has 2 aromatic carbocycles. The van der Waals surface area contributed by atoms with Gasteiger partial charge in [-0.05, 0) is 35.9 Å². The zero-order valence-corrected chi connectivity index (χ0v) is 15.8. The lowest BCUT2D eigenvalue weighted by Gasteiger charge is -2.11. The average molecular weight is 389 g/mol. The van der Waals surface area contributed by atoms with Gasteiger partial charge in [0.15, 0.2) is 9.84 Å². The number of carbonyl (C=O) groups excluding carboxylic acids is 1. The zero-order chi connectivity index (χ0) is 19.9. The van der Waals surface area contributed by atoms with Crippen LogP contribution >= 0.6 is 0 Å². The third kappa shape index (κ3) is 5.72. The van der Waals surface area contributed by atoms with Crippen LogP contribution in [-0.2, 0) is 26.9 Å². The summed E-state index contributed by atoms with van der Waals surface area (Å²) < 4.78 is 39.0. The number of rotatable bonds is 8. The second-order valence-corrected chi connectivity index (χ2v) is 7.71. The highest BCUT2D eigenvalue weighted by Crippen LogP contribution is 2.25. The van der Waals surface area contributed by atoms with Crippen LogP contribution in [0.25, 0.3) is 0 Å². The Balaban J connectivity index is 2.04. The summed E-state index contributed by atoms with van der Waals surface area (Å²) in [6.45, 7) is -0.00247. The Morgan fingerprint density at radius 2 is 1.78 bits per heavy atom. The fourth-order valence-corrected chi connectivity index (χ4v) is 3.36. The Hall–Kier alpha value is -3.05. The number of sulfone groups is 1. The monoisotopic (exact) mass is 389 g/mol. The first-order chi connectivity index (χ1) is 12.9. The van der Waals surface area contributed by atoms with Crippen LogP contribution in [0.3, 0.4) is 0 Å². The summed E-state index contributed by atoms with van der Waals surface area (Å²) in [6, 6.07) is 12.8. The van der Waals surface area contributed by atoms with Crippen molar-refractivity contribution in [1.29, 1.82) is 5.26 Å². The Bertz CT molecular complexity index is 945. The van der Waals surface area contributed by atoms with E-state index in [1.807, 2.05) is 0 Å². The second kappa shape index (κ2) is 9.05. The van der Waals surface area contributed by atoms with Crippen molar-refractivity contribution in [2.45, 2.75) is 12.4 Å². The standard InChI is InChI=1S/C19H19NO6S/c1-24-17-7-8-18(25-2)16(11-17)12-26-19(21)15-5-3-14(4-6-15)13-27(22,23)10-9-20/h3-8,11H,10,12-13H2,1-2H3. The summed E-state index contributed by atoms with van der Waals surface area (Å²) in [5.74, 6) is -0.159. The van der Waals surface area contributed by atoms with Crippen LogP contribution in [0.2, 0.25) is 0 Å². The van der Waals surface area contributed by atoms with E-state index in [0.29, 0.717) is 28.2 Å². The molecule has 2 rings (SSSR count). The van der Waals surface area contributed by atoms with E-state index in [1.54, 1.807) is 24.3 Å². The molecule has 7 nitrogen and oxygen atoms in total. The summed E-state index contributed by atoms with van der Waals surface area (Å²) in [7, 11) is -0.424. The maximum absolute atomic E-state index is 12.2. The van der Waals surface area contributed by atoms with Crippen molar-refractivity contribution in [3.05, 3.63) is 59.2 Å². The van der Waals surface area contributed by atoms with Gasteiger partial charge in [-0.3, -0.25) is 0 Å². The summed E-state index contributed by atoms with van der Waals surface area (Å²) in [5, 5.41) is 8.51. The molecule has 2 aromatic rings. The minimum atomic E-state index is -3.48. The average Bonchev–Trinajstić information content (AvgIpc) is 2.66. The first-order valence-corrected chi connectivity index (χ1v) is 9.75. The number of carbonyl (C=O) groups is 1. The maximum atomic E-state index is 12.2. The van der Waals surface area contributed by atoms with Gasteiger partial charge < -0.3 is 14.2 Å². The lowest BCUT2D eigenvalue weighted by Crippen LogP contribution is -2.09. The van der Waals surface area contributed by atoms with Crippen molar-refractivity contribution in [1.82, 2.24) is 0 Å². The molecule has 0 aromatic heterocycles. The molecule has 0 radical (unpaired) electrons. The van der Waals surface area contributed by atoms with Crippen LogP contribution < -0.4 is 9.47 Å². The molecular formula is C19H19NO6S. The predicted molar refractivity (Wildman–Crippen MR) is 98.2 cm³/mol. The molecule has 0 saturated heterocycles. The molecule has 0 atom stereocenters. The molecule has 142 valence electrons. The van der Waals surface area contributed by atoms with Gasteiger partial charge in [-0.2, -0.15) is 5.26 Å². The third-order valence-electron chi connectivity index (χ3n) is 3.71. The summed E-state index contributed by atoms with van der Waals surface area (Å²) in [6.07, 6.45) is 0. The number of methoxy groups -OCH3 is 2. The smallest absolute Gasteiger partial charge is 0.338 e. The highest BCUT2D eigenvalue weighted by molar-refractivity contribution is 7.90. The Labute approximate surface area is 158 Å². The van der Waals surface area contributed by atoms with Crippen LogP contribution in [0.15, 0.2) is 42.5 Å². The molecule has 27 heavy (non-hydrogen) atoms. The lowest BCUT2D eigenvalue weighted by atomic mass is 10.1. The Morgan fingerprint density at radius 3 is 2.37 bits per heavy atom. The van der Waals surface area contributed by atoms with E-state index in [2.05, 4.69) is 0 Å². The molecule has 0 aliphatic carbocycles. The van der Waals surface area contributed by atoms with Gasteiger partial charge in [0.25, 0.3) is 0 Å². The molecule has 0 unspecified atom stereocenters. The van der Waals surface area contributed by atoms with Crippen molar-refractivity contribution in [2.75, 3.05) is 20.0 Å². The van der Waals surface area contributed by atoms with Crippen molar-refractivity contribution >= 4 is 15.8 Å². The molecule has 0 bridgehead atoms. The van der Waals surface area contributed by atoms with E-state index in [0.717, 1.165) is 0 Å². The normalized spacial score (nSPS) is 10.7. The van der Waals surface area contributed by atoms with E-state index in [-0.39, 0.29) is 12.4 Å². The number of esters is 1. The lowest BCUT2D eigenvalue weighted by molar-refractivity contribution is 0.0470. The van der Waals surface area contributed by atoms with Crippen molar-refractivity contribution in [2.24, 2.45) is 0 Å². The minimum absolute atomic E-state index is 0.00247. The number of nitriles is 1. The number of hydrogen-bond donors (Lipinski definition) is 0. The molecule has 0 aliphatic heterocycles. The molecule has 0 amide bonds. The molecule has 8 heteroatoms. The first kappa shape index (κ1) is 20.3. The fraction of sp³-hybridized carbons (Fsp3) is 0.263. The molecule has 0 saturated carbocycles. The predicted octanol–water partition coefficient (Wildman–Crippen LogP) is 2.50. The van der Waals surface area contributed by atoms with E-state index < -0.39 is 21.6 Å². The zero-order valence-electron chi connectivity index (χ0n) is 15.0. The van der Waals surface area contributed by atoms with E-state index >= 15 is 0 Å². The van der Waals surface area contributed by atoms with Crippen molar-refractivity contribution < 1.29 is 27.4 Å². The quantitative estimate of drug-likeness (QED) is 0.639. The van der Waals surface area contributed by atoms with Crippen LogP contribution in [0.5, 0.6) is 11.5 Å². The van der Waals surface area contributed by atoms with Gasteiger partial charge in [-0.15, -0.1) is 0 Å². The van der Waals surface area contributed by atoms with E-state index in [1.165, 1.54) is 38.5 Å². The van der Waals surface area contributed by atoms with Gasteiger partial charge in [0, 0.05) is 5.56 Å². The molecule has 0 aliphatic rings. The van der Waals surface area contributed by atoms with Crippen LogP contribution in [0.4, 0.5) is 0 Å². The van der Waals surface area contributed by atoms with Gasteiger partial charge in [0.1, 0.15) is 23.9 Å². The topological polar surface area (TPSA) is 103 Å². The van der Waals surface area contributed by atoms with Gasteiger partial charge >= 0.3 is 5.97 Å². The van der Waals surface area contributed by atoms with Crippen molar-refractivity contribution in [3.8, 4) is 17.6 Å². The first-order valence-electron chi connectivity index (χ1n) is 7.93. The molecule has 0 heterocycles. The highest BCUT2D eigenvalue weighted by atomic mass is 32.2. The van der Waals surface area contributed by atoms with Gasteiger partial charge in [0.2, 0.25) is 0 Å². The highest BCUT2D eigenvalue weighted by Gasteiger charge is 2.14. The van der Waals surface area contributed by atoms with Crippen LogP contribution in [-0.4, -0.2) is 34.4 Å². The number of nitrogens with zero attached hydrogens (tertiary/aromatic N) is 1. The second-order valence-electron chi connectivity index (χ2n) is 5.64. The van der Waals surface area contributed by atoms with Gasteiger partial charge in [0.05, 0.1) is 31.6 Å². The van der Waals surface area contributed by atoms with E-state index in [4.69, 9.17) is 19.5 Å². The fourth-order valence-electron chi connectivity index (χ4n) is 2.36. The third-order valence-corrected chi connectivity index (χ3v) is 5.05. The summed E-state index contributed by atoms with van der Waals surface area (Å²) >= 11 is 0. The van der Waals surface area contributed by atoms with Gasteiger partial charge in [-0.1, -0.05) is 12.1 Å². The summed E-state index contributed by atoms with van der Waals surface area (Å²) in [5.41, 5.74) is 1.44.